The van der Waals surface area contributed by atoms with Crippen molar-refractivity contribution in [1.82, 2.24) is 5.32 Å². The number of ether oxygens (including phenoxy) is 8. The third-order valence-corrected chi connectivity index (χ3v) is 14.1. The number of hydrogen-bond acceptors (Lipinski definition) is 16. The highest BCUT2D eigenvalue weighted by molar-refractivity contribution is 5.87. The Kier molecular flexibility index (Phi) is 29.7. The molecule has 0 aromatic rings. The maximum atomic E-state index is 13.2. The lowest BCUT2D eigenvalue weighted by Crippen LogP contribution is -2.35. The van der Waals surface area contributed by atoms with Crippen LogP contribution in [-0.4, -0.2) is 142 Å². The second kappa shape index (κ2) is 34.6. The van der Waals surface area contributed by atoms with Gasteiger partial charge in [-0.25, -0.2) is 4.79 Å². The summed E-state index contributed by atoms with van der Waals surface area (Å²) >= 11 is 0. The number of allylic oxidation sites excluding steroid dienone is 7. The summed E-state index contributed by atoms with van der Waals surface area (Å²) in [5, 5.41) is 36.0. The van der Waals surface area contributed by atoms with Gasteiger partial charge in [-0.3, -0.25) is 19.2 Å². The number of aliphatic hydroxyl groups is 3. The van der Waals surface area contributed by atoms with E-state index >= 15 is 0 Å². The number of amides is 1. The largest absolute Gasteiger partial charge is 0.469 e. The average Bonchev–Trinajstić information content (AvgIpc) is 3.34. The Bertz CT molecular complexity index is 2070. The number of cyclic esters (lactones) is 1. The number of carbonyl (C=O) groups excluding carboxylic acids is 5. The normalized spacial score (nSPS) is 35.6. The van der Waals surface area contributed by atoms with Gasteiger partial charge < -0.3 is 58.5 Å². The third kappa shape index (κ3) is 24.7. The van der Waals surface area contributed by atoms with Crippen LogP contribution < -0.4 is 5.32 Å². The molecular formula is C58H87NO16. The van der Waals surface area contributed by atoms with Crippen molar-refractivity contribution < 1.29 is 77.2 Å². The monoisotopic (exact) mass is 1050 g/mol. The van der Waals surface area contributed by atoms with Crippen LogP contribution in [0.4, 0.5) is 0 Å². The number of methoxy groups -OCH3 is 5. The second-order valence-corrected chi connectivity index (χ2v) is 20.3. The van der Waals surface area contributed by atoms with Crippen molar-refractivity contribution in [2.75, 3.05) is 42.2 Å². The van der Waals surface area contributed by atoms with E-state index in [2.05, 4.69) is 5.32 Å². The third-order valence-electron chi connectivity index (χ3n) is 14.1. The Morgan fingerprint density at radius 1 is 0.747 bits per heavy atom. The summed E-state index contributed by atoms with van der Waals surface area (Å²) in [4.78, 5) is 63.9. The first-order valence-corrected chi connectivity index (χ1v) is 26.2. The minimum atomic E-state index is -0.977. The van der Waals surface area contributed by atoms with Crippen LogP contribution in [0.2, 0.25) is 0 Å². The van der Waals surface area contributed by atoms with Crippen LogP contribution >= 0.6 is 0 Å². The van der Waals surface area contributed by atoms with E-state index < -0.39 is 66.6 Å². The standard InChI is InChI=1S/C58H87NO16/c1-37-16-14-20-47(69-7)35-58(67)74-49(36-68-6)25-38(2)26-53-40(4)44(32-57(66)75-53)18-15-19-45(60)33-50(62)41(5)51(70-8)22-21-39(3)52(71-9)34-48-28-43(31-56(65)73-48)29-54(63)59-23-13-11-12-17-42(27-46(61)24-37)30-55(64)72-10/h11-16,18-20,23,26,31,39-42,45-53,60-62H,17,21-22,24-25,27-30,32-36H2,1-10H3,(H,59,63)/b12-11+,19-15+,20-14+,23-13-,37-16-,38-26-,44-18+. The van der Waals surface area contributed by atoms with Crippen molar-refractivity contribution in [2.45, 2.75) is 173 Å². The summed E-state index contributed by atoms with van der Waals surface area (Å²) in [6, 6.07) is 0. The van der Waals surface area contributed by atoms with E-state index in [0.717, 1.165) is 16.7 Å². The number of carbonyl (C=O) groups is 5. The fourth-order valence-electron chi connectivity index (χ4n) is 9.65. The summed E-state index contributed by atoms with van der Waals surface area (Å²) in [6.07, 6.45) is 18.5. The molecule has 0 spiro atoms. The number of hydrogen-bond donors (Lipinski definition) is 4. The van der Waals surface area contributed by atoms with E-state index in [9.17, 15) is 39.3 Å². The Labute approximate surface area is 445 Å². The Morgan fingerprint density at radius 3 is 2.17 bits per heavy atom. The highest BCUT2D eigenvalue weighted by atomic mass is 16.6. The minimum absolute atomic E-state index is 0.00151. The molecule has 4 bridgehead atoms. The lowest BCUT2D eigenvalue weighted by atomic mass is 9.86. The molecule has 75 heavy (non-hydrogen) atoms. The molecule has 13 unspecified atom stereocenters. The van der Waals surface area contributed by atoms with Crippen molar-refractivity contribution in [2.24, 2.45) is 23.7 Å². The summed E-state index contributed by atoms with van der Waals surface area (Å²) in [5.41, 5.74) is 3.14. The summed E-state index contributed by atoms with van der Waals surface area (Å²) in [6.45, 7) is 9.77. The predicted molar refractivity (Wildman–Crippen MR) is 283 cm³/mol. The van der Waals surface area contributed by atoms with Crippen molar-refractivity contribution in [1.29, 1.82) is 0 Å². The molecule has 4 N–H and O–H groups in total. The molecule has 0 aromatic carbocycles. The smallest absolute Gasteiger partial charge is 0.331 e. The van der Waals surface area contributed by atoms with Crippen LogP contribution in [0.1, 0.15) is 118 Å². The van der Waals surface area contributed by atoms with Gasteiger partial charge in [-0.1, -0.05) is 91.7 Å². The zero-order chi connectivity index (χ0) is 55.5. The number of rotatable bonds is 7. The fraction of sp³-hybridized carbons (Fsp3) is 0.638. The molecule has 3 aliphatic heterocycles. The van der Waals surface area contributed by atoms with E-state index in [1.54, 1.807) is 56.8 Å². The van der Waals surface area contributed by atoms with Gasteiger partial charge in [0.1, 0.15) is 18.3 Å². The number of fused-ring (bicyclic) bond motifs is 4. The van der Waals surface area contributed by atoms with Gasteiger partial charge in [0.05, 0.1) is 63.2 Å². The van der Waals surface area contributed by atoms with Gasteiger partial charge in [0.25, 0.3) is 0 Å². The van der Waals surface area contributed by atoms with E-state index in [1.165, 1.54) is 33.6 Å². The lowest BCUT2D eigenvalue weighted by Gasteiger charge is -2.31. The molecule has 420 valence electrons. The molecule has 3 rings (SSSR count). The van der Waals surface area contributed by atoms with Crippen LogP contribution in [0.15, 0.2) is 95.3 Å². The SMILES string of the molecule is COCC1C/C(C)=C\C2OC(=O)C/C(=C\C=C\C(O)CC(O)C(C)C(OC)CCC(C)C(OC)CC3CC(=CC(=O)O3)CC(=O)N/C=C\C=C\CC(CC(=O)OC)CC(O)C/C(C)=C\C=C\C(OC)CC(=O)O1)C2C. The molecule has 0 radical (unpaired) electrons. The van der Waals surface area contributed by atoms with Crippen LogP contribution in [0.25, 0.3) is 0 Å². The van der Waals surface area contributed by atoms with Gasteiger partial charge in [-0.05, 0) is 69.9 Å². The van der Waals surface area contributed by atoms with Gasteiger partial charge in [0, 0.05) is 91.1 Å². The van der Waals surface area contributed by atoms with E-state index in [1.807, 2.05) is 52.8 Å². The van der Waals surface area contributed by atoms with Crippen LogP contribution in [0.5, 0.6) is 0 Å². The van der Waals surface area contributed by atoms with Crippen molar-refractivity contribution in [3.63, 3.8) is 0 Å². The second-order valence-electron chi connectivity index (χ2n) is 20.3. The number of nitrogens with one attached hydrogen (secondary N) is 1. The summed E-state index contributed by atoms with van der Waals surface area (Å²) in [7, 11) is 7.54. The molecule has 1 amide bonds. The predicted octanol–water partition coefficient (Wildman–Crippen LogP) is 7.35. The van der Waals surface area contributed by atoms with Crippen LogP contribution in [0, 0.1) is 23.7 Å². The van der Waals surface area contributed by atoms with Crippen molar-refractivity contribution >= 4 is 29.8 Å². The molecule has 13 atom stereocenters. The zero-order valence-electron chi connectivity index (χ0n) is 46.0. The van der Waals surface area contributed by atoms with E-state index in [0.29, 0.717) is 56.9 Å². The average molecular weight is 1050 g/mol. The highest BCUT2D eigenvalue weighted by Crippen LogP contribution is 2.31. The molecule has 1 fully saturated rings. The molecule has 17 nitrogen and oxygen atoms in total. The van der Waals surface area contributed by atoms with Gasteiger partial charge >= 0.3 is 23.9 Å². The summed E-state index contributed by atoms with van der Waals surface area (Å²) < 4.78 is 44.9. The van der Waals surface area contributed by atoms with Gasteiger partial charge in [-0.2, -0.15) is 0 Å². The topological polar surface area (TPSA) is 232 Å². The van der Waals surface area contributed by atoms with Gasteiger partial charge in [-0.15, -0.1) is 0 Å². The first kappa shape index (κ1) is 64.3. The van der Waals surface area contributed by atoms with Crippen molar-refractivity contribution in [3.05, 3.63) is 95.3 Å². The first-order chi connectivity index (χ1) is 35.8. The molecule has 17 heteroatoms. The summed E-state index contributed by atoms with van der Waals surface area (Å²) in [5.74, 6) is -2.84. The molecule has 1 saturated heterocycles. The number of esters is 4. The Hall–Kier alpha value is -5.01. The van der Waals surface area contributed by atoms with Gasteiger partial charge in [0.2, 0.25) is 5.91 Å². The minimum Gasteiger partial charge on any atom is -0.469 e. The van der Waals surface area contributed by atoms with E-state index in [-0.39, 0.29) is 80.5 Å². The Morgan fingerprint density at radius 2 is 1.48 bits per heavy atom. The molecule has 0 aliphatic carbocycles. The van der Waals surface area contributed by atoms with E-state index in [4.69, 9.17) is 37.9 Å². The Balaban J connectivity index is 1.83. The molecule has 0 aromatic heterocycles. The zero-order valence-corrected chi connectivity index (χ0v) is 46.0. The highest BCUT2D eigenvalue weighted by Gasteiger charge is 2.33. The first-order valence-electron chi connectivity index (χ1n) is 26.2. The quantitative estimate of drug-likeness (QED) is 0.111. The van der Waals surface area contributed by atoms with Crippen LogP contribution in [0.3, 0.4) is 0 Å². The number of aliphatic hydroxyl groups excluding tert-OH is 3. The molecule has 3 aliphatic rings. The van der Waals surface area contributed by atoms with Gasteiger partial charge in [0.15, 0.2) is 0 Å². The maximum absolute atomic E-state index is 13.2. The molecule has 3 heterocycles. The molecular weight excluding hydrogens is 967 g/mol. The maximum Gasteiger partial charge on any atom is 0.331 e. The lowest BCUT2D eigenvalue weighted by molar-refractivity contribution is -0.153. The van der Waals surface area contributed by atoms with Crippen LogP contribution in [-0.2, 0) is 61.9 Å². The van der Waals surface area contributed by atoms with Crippen molar-refractivity contribution in [3.8, 4) is 0 Å². The fourth-order valence-corrected chi connectivity index (χ4v) is 9.65. The molecule has 0 saturated carbocycles.